The van der Waals surface area contributed by atoms with Crippen LogP contribution < -0.4 is 5.32 Å². The summed E-state index contributed by atoms with van der Waals surface area (Å²) in [4.78, 5) is 21.6. The lowest BCUT2D eigenvalue weighted by Crippen LogP contribution is -2.16. The van der Waals surface area contributed by atoms with Crippen molar-refractivity contribution in [3.05, 3.63) is 108 Å². The molecule has 0 bridgehead atoms. The molecule has 1 unspecified atom stereocenters. The highest BCUT2D eigenvalue weighted by molar-refractivity contribution is 7.13. The number of benzene rings is 2. The van der Waals surface area contributed by atoms with Gasteiger partial charge in [-0.15, -0.1) is 11.3 Å². The number of nitrogens with one attached hydrogen (secondary N) is 2. The standard InChI is InChI=1S/C26H21N5OS/c27-15-18-5-4-8-20(13-18)25-23-10-9-21(16-31(23)17-29-25)22(19-6-2-1-3-7-19)14-24(32)30-26-28-11-12-33-26/h1-13,15-17,22,27H,14H2,(H,28,30,32). The van der Waals surface area contributed by atoms with E-state index >= 15 is 0 Å². The zero-order valence-corrected chi connectivity index (χ0v) is 18.5. The molecule has 3 heterocycles. The molecule has 0 aliphatic heterocycles. The van der Waals surface area contributed by atoms with Gasteiger partial charge < -0.3 is 15.1 Å². The highest BCUT2D eigenvalue weighted by Gasteiger charge is 2.20. The minimum atomic E-state index is -0.109. The van der Waals surface area contributed by atoms with Crippen LogP contribution in [0.1, 0.15) is 29.0 Å². The molecule has 0 aliphatic carbocycles. The summed E-state index contributed by atoms with van der Waals surface area (Å²) in [5, 5.41) is 12.9. The van der Waals surface area contributed by atoms with Gasteiger partial charge in [-0.3, -0.25) is 4.79 Å². The minimum absolute atomic E-state index is 0.0753. The van der Waals surface area contributed by atoms with Gasteiger partial charge in [-0.05, 0) is 28.8 Å². The van der Waals surface area contributed by atoms with Gasteiger partial charge in [-0.1, -0.05) is 54.6 Å². The number of anilines is 1. The van der Waals surface area contributed by atoms with Crippen molar-refractivity contribution in [1.82, 2.24) is 14.4 Å². The fourth-order valence-electron chi connectivity index (χ4n) is 3.98. The first-order chi connectivity index (χ1) is 16.2. The fourth-order valence-corrected chi connectivity index (χ4v) is 4.52. The van der Waals surface area contributed by atoms with E-state index in [1.54, 1.807) is 12.5 Å². The maximum absolute atomic E-state index is 12.8. The molecule has 0 aliphatic rings. The number of fused-ring (bicyclic) bond motifs is 1. The summed E-state index contributed by atoms with van der Waals surface area (Å²) < 4.78 is 2.00. The molecule has 0 fully saturated rings. The lowest BCUT2D eigenvalue weighted by atomic mass is 9.89. The first kappa shape index (κ1) is 20.8. The smallest absolute Gasteiger partial charge is 0.227 e. The van der Waals surface area contributed by atoms with E-state index in [-0.39, 0.29) is 11.8 Å². The Morgan fingerprint density at radius 3 is 2.73 bits per heavy atom. The first-order valence-electron chi connectivity index (χ1n) is 10.5. The second kappa shape index (κ2) is 9.18. The predicted molar refractivity (Wildman–Crippen MR) is 132 cm³/mol. The number of hydrogen-bond donors (Lipinski definition) is 2. The Labute approximate surface area is 195 Å². The molecule has 1 amide bonds. The van der Waals surface area contributed by atoms with Crippen LogP contribution in [0.2, 0.25) is 0 Å². The molecule has 3 aromatic heterocycles. The number of carbonyl (C=O) groups excluding carboxylic acids is 1. The van der Waals surface area contributed by atoms with Crippen LogP contribution in [-0.4, -0.2) is 26.5 Å². The summed E-state index contributed by atoms with van der Waals surface area (Å²) in [5.41, 5.74) is 5.74. The molecule has 162 valence electrons. The van der Waals surface area contributed by atoms with E-state index in [0.29, 0.717) is 11.6 Å². The van der Waals surface area contributed by atoms with Crippen molar-refractivity contribution < 1.29 is 4.79 Å². The van der Waals surface area contributed by atoms with Crippen molar-refractivity contribution >= 4 is 34.1 Å². The average molecular weight is 452 g/mol. The monoisotopic (exact) mass is 451 g/mol. The van der Waals surface area contributed by atoms with Crippen molar-refractivity contribution in [2.75, 3.05) is 5.32 Å². The van der Waals surface area contributed by atoms with Crippen LogP contribution >= 0.6 is 11.3 Å². The van der Waals surface area contributed by atoms with E-state index < -0.39 is 0 Å². The van der Waals surface area contributed by atoms with E-state index in [1.807, 2.05) is 76.6 Å². The number of aromatic nitrogens is 3. The molecule has 0 spiro atoms. The maximum atomic E-state index is 12.8. The Morgan fingerprint density at radius 1 is 1.06 bits per heavy atom. The number of imidazole rings is 1. The molecule has 0 radical (unpaired) electrons. The van der Waals surface area contributed by atoms with E-state index in [2.05, 4.69) is 21.4 Å². The Bertz CT molecular complexity index is 1410. The van der Waals surface area contributed by atoms with E-state index in [9.17, 15) is 4.79 Å². The van der Waals surface area contributed by atoms with Crippen LogP contribution in [0.3, 0.4) is 0 Å². The predicted octanol–water partition coefficient (Wildman–Crippen LogP) is 5.62. The molecule has 0 saturated heterocycles. The molecule has 2 N–H and O–H groups in total. The normalized spacial score (nSPS) is 11.9. The highest BCUT2D eigenvalue weighted by atomic mass is 32.1. The number of rotatable bonds is 7. The van der Waals surface area contributed by atoms with Crippen LogP contribution in [0.25, 0.3) is 16.8 Å². The van der Waals surface area contributed by atoms with Crippen molar-refractivity contribution in [3.63, 3.8) is 0 Å². The van der Waals surface area contributed by atoms with Gasteiger partial charge in [0.25, 0.3) is 0 Å². The second-order valence-corrected chi connectivity index (χ2v) is 8.57. The zero-order valence-electron chi connectivity index (χ0n) is 17.7. The first-order valence-corrected chi connectivity index (χ1v) is 11.4. The van der Waals surface area contributed by atoms with Crippen LogP contribution in [0.15, 0.2) is 90.8 Å². The Morgan fingerprint density at radius 2 is 1.94 bits per heavy atom. The minimum Gasteiger partial charge on any atom is -0.308 e. The molecule has 5 rings (SSSR count). The second-order valence-electron chi connectivity index (χ2n) is 7.67. The Balaban J connectivity index is 1.49. The van der Waals surface area contributed by atoms with Gasteiger partial charge >= 0.3 is 0 Å². The summed E-state index contributed by atoms with van der Waals surface area (Å²) >= 11 is 1.41. The van der Waals surface area contributed by atoms with Crippen LogP contribution in [0.4, 0.5) is 5.13 Å². The van der Waals surface area contributed by atoms with E-state index in [0.717, 1.165) is 33.5 Å². The van der Waals surface area contributed by atoms with Crippen LogP contribution in [-0.2, 0) is 4.79 Å². The fraction of sp³-hybridized carbons (Fsp3) is 0.0769. The molecule has 33 heavy (non-hydrogen) atoms. The average Bonchev–Trinajstić information content (AvgIpc) is 3.52. The maximum Gasteiger partial charge on any atom is 0.227 e. The number of pyridine rings is 1. The number of thiazole rings is 1. The van der Waals surface area contributed by atoms with Gasteiger partial charge in [-0.25, -0.2) is 9.97 Å². The number of hydrogen-bond acceptors (Lipinski definition) is 5. The van der Waals surface area contributed by atoms with Gasteiger partial charge in [0.2, 0.25) is 5.91 Å². The quantitative estimate of drug-likeness (QED) is 0.315. The van der Waals surface area contributed by atoms with Gasteiger partial charge in [0.15, 0.2) is 5.13 Å². The zero-order chi connectivity index (χ0) is 22.6. The molecule has 6 nitrogen and oxygen atoms in total. The lowest BCUT2D eigenvalue weighted by molar-refractivity contribution is -0.116. The van der Waals surface area contributed by atoms with Crippen molar-refractivity contribution in [2.45, 2.75) is 12.3 Å². The third kappa shape index (κ3) is 4.44. The van der Waals surface area contributed by atoms with Gasteiger partial charge in [0.1, 0.15) is 0 Å². The third-order valence-corrected chi connectivity index (χ3v) is 6.24. The summed E-state index contributed by atoms with van der Waals surface area (Å²) in [5.74, 6) is -0.184. The van der Waals surface area contributed by atoms with Crippen LogP contribution in [0.5, 0.6) is 0 Å². The molecule has 5 aromatic rings. The summed E-state index contributed by atoms with van der Waals surface area (Å²) in [6.07, 6.45) is 7.15. The van der Waals surface area contributed by atoms with Gasteiger partial charge in [0, 0.05) is 41.9 Å². The molecular weight excluding hydrogens is 430 g/mol. The largest absolute Gasteiger partial charge is 0.308 e. The topological polar surface area (TPSA) is 83.1 Å². The molecule has 7 heteroatoms. The Kier molecular flexibility index (Phi) is 5.78. The highest BCUT2D eigenvalue weighted by Crippen LogP contribution is 2.31. The van der Waals surface area contributed by atoms with Crippen molar-refractivity contribution in [3.8, 4) is 11.3 Å². The Hall–Kier alpha value is -4.10. The summed E-state index contributed by atoms with van der Waals surface area (Å²) in [6, 6.07) is 22.0. The van der Waals surface area contributed by atoms with Crippen LogP contribution in [0, 0.1) is 5.41 Å². The SMILES string of the molecule is N=Cc1cccc(-c2ncn3cc(C(CC(=O)Nc4nccs4)c4ccccc4)ccc23)c1. The summed E-state index contributed by atoms with van der Waals surface area (Å²) in [7, 11) is 0. The van der Waals surface area contributed by atoms with Gasteiger partial charge in [-0.2, -0.15) is 0 Å². The van der Waals surface area contributed by atoms with Crippen molar-refractivity contribution in [2.24, 2.45) is 0 Å². The van der Waals surface area contributed by atoms with E-state index in [1.165, 1.54) is 17.6 Å². The number of nitrogens with zero attached hydrogens (tertiary/aromatic N) is 3. The van der Waals surface area contributed by atoms with Crippen molar-refractivity contribution in [1.29, 1.82) is 5.41 Å². The number of carbonyl (C=O) groups is 1. The molecule has 0 saturated carbocycles. The lowest BCUT2D eigenvalue weighted by Gasteiger charge is -2.18. The third-order valence-electron chi connectivity index (χ3n) is 5.55. The van der Waals surface area contributed by atoms with Gasteiger partial charge in [0.05, 0.1) is 17.5 Å². The molecule has 1 atom stereocenters. The number of amides is 1. The summed E-state index contributed by atoms with van der Waals surface area (Å²) in [6.45, 7) is 0. The van der Waals surface area contributed by atoms with E-state index in [4.69, 9.17) is 5.41 Å². The molecular formula is C26H21N5OS. The molecule has 2 aromatic carbocycles.